The monoisotopic (exact) mass is 533 g/mol. The lowest BCUT2D eigenvalue weighted by molar-refractivity contribution is -0.162. The molecule has 7 nitrogen and oxygen atoms in total. The molecular weight excluding hydrogens is 514 g/mol. The number of carbonyl (C=O) groups excluding carboxylic acids is 2. The highest BCUT2D eigenvalue weighted by molar-refractivity contribution is 6.34. The number of likely N-dealkylation sites (tertiary alicyclic amines) is 1. The number of hydrogen-bond donors (Lipinski definition) is 1. The fourth-order valence-electron chi connectivity index (χ4n) is 3.90. The first-order valence-electron chi connectivity index (χ1n) is 11.2. The molecule has 0 bridgehead atoms. The average Bonchev–Trinajstić information content (AvgIpc) is 3.25. The summed E-state index contributed by atoms with van der Waals surface area (Å²) in [7, 11) is 0. The van der Waals surface area contributed by atoms with Crippen molar-refractivity contribution in [2.75, 3.05) is 18.4 Å². The topological polar surface area (TPSA) is 80.1 Å². The second kappa shape index (κ2) is 11.0. The molecule has 1 fully saturated rings. The van der Waals surface area contributed by atoms with Crippen molar-refractivity contribution in [3.8, 4) is 11.8 Å². The summed E-state index contributed by atoms with van der Waals surface area (Å²) in [5.41, 5.74) is 1.02. The van der Waals surface area contributed by atoms with Crippen LogP contribution < -0.4 is 5.32 Å². The highest BCUT2D eigenvalue weighted by Gasteiger charge is 2.35. The Morgan fingerprint density at radius 1 is 1.08 bits per heavy atom. The second-order valence-corrected chi connectivity index (χ2v) is 8.72. The first kappa shape index (κ1) is 26.2. The number of alkyl halides is 3. The van der Waals surface area contributed by atoms with E-state index < -0.39 is 36.3 Å². The molecule has 0 spiro atoms. The maximum atomic E-state index is 14.7. The molecule has 1 aromatic carbocycles. The lowest BCUT2D eigenvalue weighted by atomic mass is 10.0. The second-order valence-electron chi connectivity index (χ2n) is 8.31. The summed E-state index contributed by atoms with van der Waals surface area (Å²) in [6, 6.07) is 9.87. The van der Waals surface area contributed by atoms with Gasteiger partial charge in [0.05, 0.1) is 17.3 Å². The van der Waals surface area contributed by atoms with Crippen molar-refractivity contribution in [1.82, 2.24) is 19.7 Å². The van der Waals surface area contributed by atoms with Crippen LogP contribution in [0.3, 0.4) is 0 Å². The third kappa shape index (κ3) is 6.65. The maximum absolute atomic E-state index is 14.7. The van der Waals surface area contributed by atoms with Gasteiger partial charge in [-0.05, 0) is 31.0 Å². The summed E-state index contributed by atoms with van der Waals surface area (Å²) in [6.07, 6.45) is -2.99. The molecule has 0 radical (unpaired) electrons. The zero-order chi connectivity index (χ0) is 26.6. The van der Waals surface area contributed by atoms with Gasteiger partial charge in [0, 0.05) is 30.4 Å². The fourth-order valence-corrected chi connectivity index (χ4v) is 4.12. The van der Waals surface area contributed by atoms with Crippen LogP contribution in [0, 0.1) is 17.7 Å². The fraction of sp³-hybridized carbons (Fsp3) is 0.280. The number of halogens is 5. The van der Waals surface area contributed by atoms with Gasteiger partial charge in [-0.1, -0.05) is 41.6 Å². The van der Waals surface area contributed by atoms with Gasteiger partial charge in [0.2, 0.25) is 5.91 Å². The van der Waals surface area contributed by atoms with Crippen molar-refractivity contribution in [2.45, 2.75) is 31.5 Å². The summed E-state index contributed by atoms with van der Waals surface area (Å²) in [5, 5.41) is 6.52. The van der Waals surface area contributed by atoms with E-state index in [-0.39, 0.29) is 42.5 Å². The first-order valence-corrected chi connectivity index (χ1v) is 11.6. The standard InChI is InChI=1S/C25H20ClF4N5O2/c26-19-15-32-35(18-8-10-34(11-9-18)21(36)13-25(28,29)30)22(19)24(37)33-23-20(27)12-17(14-31-23)7-6-16-4-2-1-3-5-16/h1-5,12,14-15,18H,8-11,13H2,(H,31,33,37). The van der Waals surface area contributed by atoms with E-state index in [0.717, 1.165) is 16.5 Å². The number of pyridine rings is 1. The number of amides is 2. The Labute approximate surface area is 214 Å². The number of anilines is 1. The van der Waals surface area contributed by atoms with Crippen LogP contribution in [-0.2, 0) is 4.79 Å². The van der Waals surface area contributed by atoms with E-state index in [9.17, 15) is 27.2 Å². The predicted octanol–water partition coefficient (Wildman–Crippen LogP) is 4.84. The zero-order valence-electron chi connectivity index (χ0n) is 19.2. The van der Waals surface area contributed by atoms with Crippen molar-refractivity contribution in [1.29, 1.82) is 0 Å². The van der Waals surface area contributed by atoms with Crippen LogP contribution in [0.25, 0.3) is 0 Å². The third-order valence-corrected chi connectivity index (χ3v) is 5.96. The Morgan fingerprint density at radius 2 is 1.76 bits per heavy atom. The number of piperidine rings is 1. The number of nitrogens with one attached hydrogen (secondary N) is 1. The summed E-state index contributed by atoms with van der Waals surface area (Å²) in [6.45, 7) is 0.138. The van der Waals surface area contributed by atoms with Crippen LogP contribution in [0.15, 0.2) is 48.8 Å². The summed E-state index contributed by atoms with van der Waals surface area (Å²) >= 11 is 6.18. The van der Waals surface area contributed by atoms with E-state index in [1.165, 1.54) is 17.1 Å². The highest BCUT2D eigenvalue weighted by atomic mass is 35.5. The minimum atomic E-state index is -4.58. The van der Waals surface area contributed by atoms with Crippen molar-refractivity contribution in [3.05, 3.63) is 76.5 Å². The van der Waals surface area contributed by atoms with Gasteiger partial charge >= 0.3 is 6.18 Å². The molecule has 1 aliphatic heterocycles. The van der Waals surface area contributed by atoms with E-state index >= 15 is 0 Å². The lowest BCUT2D eigenvalue weighted by Gasteiger charge is -2.33. The Hall–Kier alpha value is -3.91. The van der Waals surface area contributed by atoms with Gasteiger partial charge in [-0.25, -0.2) is 9.37 Å². The van der Waals surface area contributed by atoms with Crippen molar-refractivity contribution in [3.63, 3.8) is 0 Å². The van der Waals surface area contributed by atoms with E-state index in [4.69, 9.17) is 11.6 Å². The van der Waals surface area contributed by atoms with Gasteiger partial charge in [-0.15, -0.1) is 0 Å². The number of hydrogen-bond acceptors (Lipinski definition) is 4. The first-order chi connectivity index (χ1) is 17.6. The Balaban J connectivity index is 1.43. The number of benzene rings is 1. The molecular formula is C25H20ClF4N5O2. The largest absolute Gasteiger partial charge is 0.397 e. The number of nitrogens with zero attached hydrogens (tertiary/aromatic N) is 4. The minimum Gasteiger partial charge on any atom is -0.342 e. The molecule has 192 valence electrons. The molecule has 0 atom stereocenters. The van der Waals surface area contributed by atoms with Gasteiger partial charge in [0.15, 0.2) is 11.6 Å². The molecule has 0 aliphatic carbocycles. The maximum Gasteiger partial charge on any atom is 0.397 e. The van der Waals surface area contributed by atoms with Crippen LogP contribution in [0.1, 0.15) is 46.9 Å². The molecule has 12 heteroatoms. The van der Waals surface area contributed by atoms with Crippen LogP contribution in [0.4, 0.5) is 23.4 Å². The van der Waals surface area contributed by atoms with Crippen LogP contribution in [-0.4, -0.2) is 50.7 Å². The average molecular weight is 534 g/mol. The summed E-state index contributed by atoms with van der Waals surface area (Å²) in [5.74, 6) is 2.81. The molecule has 2 aromatic heterocycles. The van der Waals surface area contributed by atoms with Gasteiger partial charge in [0.1, 0.15) is 12.1 Å². The smallest absolute Gasteiger partial charge is 0.342 e. The molecule has 1 aliphatic rings. The zero-order valence-corrected chi connectivity index (χ0v) is 20.0. The number of aromatic nitrogens is 3. The molecule has 0 unspecified atom stereocenters. The molecule has 3 heterocycles. The van der Waals surface area contributed by atoms with Crippen molar-refractivity contribution >= 4 is 29.2 Å². The Kier molecular flexibility index (Phi) is 7.78. The van der Waals surface area contributed by atoms with Gasteiger partial charge in [-0.2, -0.15) is 18.3 Å². The molecule has 1 N–H and O–H groups in total. The molecule has 2 amide bonds. The van der Waals surface area contributed by atoms with Crippen LogP contribution >= 0.6 is 11.6 Å². The quantitative estimate of drug-likeness (QED) is 0.384. The van der Waals surface area contributed by atoms with Gasteiger partial charge in [0.25, 0.3) is 5.91 Å². The van der Waals surface area contributed by atoms with E-state index in [2.05, 4.69) is 27.2 Å². The lowest BCUT2D eigenvalue weighted by Crippen LogP contribution is -2.41. The number of rotatable bonds is 4. The molecule has 1 saturated heterocycles. The van der Waals surface area contributed by atoms with E-state index in [1.807, 2.05) is 30.3 Å². The normalized spacial score (nSPS) is 14.1. The summed E-state index contributed by atoms with van der Waals surface area (Å²) < 4.78 is 53.6. The Bertz CT molecular complexity index is 1360. The number of carbonyl (C=O) groups is 2. The highest BCUT2D eigenvalue weighted by Crippen LogP contribution is 2.29. The van der Waals surface area contributed by atoms with Crippen LogP contribution in [0.2, 0.25) is 5.02 Å². The molecule has 3 aromatic rings. The molecule has 37 heavy (non-hydrogen) atoms. The SMILES string of the molecule is O=C(Nc1ncc(C#Cc2ccccc2)cc1F)c1c(Cl)cnn1C1CCN(C(=O)CC(F)(F)F)CC1. The third-order valence-electron chi connectivity index (χ3n) is 5.68. The van der Waals surface area contributed by atoms with E-state index in [1.54, 1.807) is 0 Å². The summed E-state index contributed by atoms with van der Waals surface area (Å²) in [4.78, 5) is 29.9. The Morgan fingerprint density at radius 3 is 2.41 bits per heavy atom. The van der Waals surface area contributed by atoms with Gasteiger partial charge in [-0.3, -0.25) is 14.3 Å². The molecule has 4 rings (SSSR count). The van der Waals surface area contributed by atoms with E-state index in [0.29, 0.717) is 5.56 Å². The van der Waals surface area contributed by atoms with Gasteiger partial charge < -0.3 is 10.2 Å². The predicted molar refractivity (Wildman–Crippen MR) is 127 cm³/mol. The van der Waals surface area contributed by atoms with Crippen molar-refractivity contribution < 1.29 is 27.2 Å². The molecule has 0 saturated carbocycles. The van der Waals surface area contributed by atoms with Crippen LogP contribution in [0.5, 0.6) is 0 Å². The van der Waals surface area contributed by atoms with Crippen molar-refractivity contribution in [2.24, 2.45) is 0 Å². The minimum absolute atomic E-state index is 0.0128.